The van der Waals surface area contributed by atoms with Gasteiger partial charge in [-0.1, -0.05) is 6.07 Å². The molecule has 0 fully saturated rings. The summed E-state index contributed by atoms with van der Waals surface area (Å²) in [5.41, 5.74) is -0.575. The summed E-state index contributed by atoms with van der Waals surface area (Å²) in [6.45, 7) is 0. The smallest absolute Gasteiger partial charge is 0.326 e. The number of imide groups is 1. The van der Waals surface area contributed by atoms with Crippen molar-refractivity contribution in [3.05, 3.63) is 88.2 Å². The number of nitrogens with one attached hydrogen (secondary N) is 2. The predicted octanol–water partition coefficient (Wildman–Crippen LogP) is 5.62. The number of urea groups is 1. The zero-order chi connectivity index (χ0) is 21.0. The molecular weight excluding hydrogens is 453 g/mol. The number of hydrogen-bond donors (Lipinski definition) is 2. The first-order valence-electron chi connectivity index (χ1n) is 8.13. The quantitative estimate of drug-likeness (QED) is 0.526. The van der Waals surface area contributed by atoms with Crippen molar-refractivity contribution in [3.63, 3.8) is 0 Å². The Kier molecular flexibility index (Phi) is 6.18. The number of carbonyl (C=O) groups excluding carboxylic acids is 2. The van der Waals surface area contributed by atoms with Crippen LogP contribution in [0, 0.1) is 17.5 Å². The number of anilines is 1. The summed E-state index contributed by atoms with van der Waals surface area (Å²) in [6, 6.07) is 11.9. The molecule has 0 atom stereocenters. The molecule has 2 N–H and O–H groups in total. The highest BCUT2D eigenvalue weighted by atomic mass is 79.9. The van der Waals surface area contributed by atoms with E-state index < -0.39 is 35.0 Å². The molecule has 0 heterocycles. The number of rotatable bonds is 4. The van der Waals surface area contributed by atoms with Gasteiger partial charge in [0.25, 0.3) is 5.91 Å². The van der Waals surface area contributed by atoms with E-state index in [1.165, 1.54) is 42.5 Å². The van der Waals surface area contributed by atoms with Crippen LogP contribution in [0.25, 0.3) is 0 Å². The van der Waals surface area contributed by atoms with Gasteiger partial charge in [0, 0.05) is 5.69 Å². The first kappa shape index (κ1) is 20.4. The lowest BCUT2D eigenvalue weighted by atomic mass is 10.2. The van der Waals surface area contributed by atoms with Gasteiger partial charge < -0.3 is 10.1 Å². The van der Waals surface area contributed by atoms with Gasteiger partial charge in [0.05, 0.1) is 4.47 Å². The topological polar surface area (TPSA) is 67.4 Å². The van der Waals surface area contributed by atoms with Crippen LogP contribution in [0.2, 0.25) is 0 Å². The normalized spacial score (nSPS) is 10.3. The molecule has 0 aromatic heterocycles. The van der Waals surface area contributed by atoms with E-state index in [1.54, 1.807) is 0 Å². The first-order chi connectivity index (χ1) is 13.8. The van der Waals surface area contributed by atoms with Gasteiger partial charge in [0.2, 0.25) is 0 Å². The molecule has 0 saturated heterocycles. The zero-order valence-corrected chi connectivity index (χ0v) is 16.1. The largest absolute Gasteiger partial charge is 0.456 e. The molecule has 29 heavy (non-hydrogen) atoms. The molecule has 0 radical (unpaired) electrons. The fourth-order valence-electron chi connectivity index (χ4n) is 2.33. The average molecular weight is 465 g/mol. The van der Waals surface area contributed by atoms with Crippen LogP contribution in [-0.4, -0.2) is 11.9 Å². The van der Waals surface area contributed by atoms with Gasteiger partial charge in [0.1, 0.15) is 34.5 Å². The van der Waals surface area contributed by atoms with E-state index in [0.717, 1.165) is 18.2 Å². The third kappa shape index (κ3) is 5.14. The van der Waals surface area contributed by atoms with Gasteiger partial charge in [-0.15, -0.1) is 0 Å². The van der Waals surface area contributed by atoms with E-state index in [9.17, 15) is 22.8 Å². The molecule has 0 aliphatic rings. The Morgan fingerprint density at radius 1 is 0.897 bits per heavy atom. The number of hydrogen-bond acceptors (Lipinski definition) is 3. The van der Waals surface area contributed by atoms with Crippen molar-refractivity contribution < 1.29 is 27.5 Å². The van der Waals surface area contributed by atoms with Crippen molar-refractivity contribution in [3.8, 4) is 11.5 Å². The maximum atomic E-state index is 13.6. The molecule has 0 aliphatic heterocycles. The summed E-state index contributed by atoms with van der Waals surface area (Å²) in [4.78, 5) is 23.9. The molecule has 0 aliphatic carbocycles. The highest BCUT2D eigenvalue weighted by Crippen LogP contribution is 2.32. The molecule has 0 spiro atoms. The summed E-state index contributed by atoms with van der Waals surface area (Å²) >= 11 is 3.28. The average Bonchev–Trinajstić information content (AvgIpc) is 2.65. The fraction of sp³-hybridized carbons (Fsp3) is 0. The molecule has 3 rings (SSSR count). The lowest BCUT2D eigenvalue weighted by Crippen LogP contribution is -2.35. The van der Waals surface area contributed by atoms with Crippen LogP contribution in [0.5, 0.6) is 11.5 Å². The van der Waals surface area contributed by atoms with Crippen LogP contribution in [0.3, 0.4) is 0 Å². The molecule has 3 aromatic carbocycles. The molecule has 0 saturated carbocycles. The minimum absolute atomic E-state index is 0.280. The fourth-order valence-corrected chi connectivity index (χ4v) is 2.79. The van der Waals surface area contributed by atoms with Crippen molar-refractivity contribution in [1.29, 1.82) is 0 Å². The molecule has 0 bridgehead atoms. The van der Waals surface area contributed by atoms with Crippen LogP contribution >= 0.6 is 15.9 Å². The summed E-state index contributed by atoms with van der Waals surface area (Å²) in [5.74, 6) is -2.98. The second-order valence-corrected chi connectivity index (χ2v) is 6.56. The lowest BCUT2D eigenvalue weighted by Gasteiger charge is -2.11. The maximum absolute atomic E-state index is 13.6. The Morgan fingerprint density at radius 2 is 1.55 bits per heavy atom. The van der Waals surface area contributed by atoms with Gasteiger partial charge in [-0.2, -0.15) is 0 Å². The summed E-state index contributed by atoms with van der Waals surface area (Å²) in [6.07, 6.45) is 0. The summed E-state index contributed by atoms with van der Waals surface area (Å²) < 4.78 is 46.2. The minimum atomic E-state index is -1.21. The van der Waals surface area contributed by atoms with Crippen LogP contribution < -0.4 is 15.4 Å². The van der Waals surface area contributed by atoms with Crippen molar-refractivity contribution in [2.45, 2.75) is 0 Å². The van der Waals surface area contributed by atoms with Crippen LogP contribution in [0.1, 0.15) is 10.4 Å². The Labute approximate surface area is 171 Å². The number of carbonyl (C=O) groups is 2. The van der Waals surface area contributed by atoms with Crippen molar-refractivity contribution >= 4 is 33.6 Å². The molecule has 5 nitrogen and oxygen atoms in total. The number of halogens is 4. The van der Waals surface area contributed by atoms with Crippen molar-refractivity contribution in [1.82, 2.24) is 5.32 Å². The van der Waals surface area contributed by atoms with Crippen LogP contribution in [-0.2, 0) is 0 Å². The van der Waals surface area contributed by atoms with E-state index in [-0.39, 0.29) is 5.69 Å². The van der Waals surface area contributed by atoms with Crippen LogP contribution in [0.4, 0.5) is 23.7 Å². The van der Waals surface area contributed by atoms with E-state index >= 15 is 0 Å². The third-order valence-corrected chi connectivity index (χ3v) is 4.27. The lowest BCUT2D eigenvalue weighted by molar-refractivity contribution is 0.0959. The first-order valence-corrected chi connectivity index (χ1v) is 8.92. The SMILES string of the molecule is O=C(NC(=O)c1c(F)cccc1F)Nc1ccc(Oc2ccc(F)cc2)c(Br)c1. The molecule has 9 heteroatoms. The number of ether oxygens (including phenoxy) is 1. The van der Waals surface area contributed by atoms with Gasteiger partial charge >= 0.3 is 6.03 Å². The molecule has 3 amide bonds. The summed E-state index contributed by atoms with van der Waals surface area (Å²) in [7, 11) is 0. The predicted molar refractivity (Wildman–Crippen MR) is 103 cm³/mol. The van der Waals surface area contributed by atoms with Crippen LogP contribution in [0.15, 0.2) is 65.1 Å². The van der Waals surface area contributed by atoms with E-state index in [4.69, 9.17) is 4.74 Å². The Morgan fingerprint density at radius 3 is 2.17 bits per heavy atom. The second kappa shape index (κ2) is 8.78. The van der Waals surface area contributed by atoms with Gasteiger partial charge in [0.15, 0.2) is 0 Å². The monoisotopic (exact) mass is 464 g/mol. The third-order valence-electron chi connectivity index (χ3n) is 3.65. The number of amides is 3. The van der Waals surface area contributed by atoms with E-state index in [1.807, 2.05) is 5.32 Å². The zero-order valence-electron chi connectivity index (χ0n) is 14.5. The minimum Gasteiger partial charge on any atom is -0.456 e. The highest BCUT2D eigenvalue weighted by Gasteiger charge is 2.19. The Balaban J connectivity index is 1.65. The van der Waals surface area contributed by atoms with Gasteiger partial charge in [-0.25, -0.2) is 18.0 Å². The Bertz CT molecular complexity index is 1050. The Hall–Kier alpha value is -3.33. The van der Waals surface area contributed by atoms with E-state index in [0.29, 0.717) is 16.0 Å². The molecule has 0 unspecified atom stereocenters. The summed E-state index contributed by atoms with van der Waals surface area (Å²) in [5, 5.41) is 4.22. The number of benzene rings is 3. The standard InChI is InChI=1S/C20H12BrF3N2O3/c21-14-10-12(6-9-17(14)29-13-7-4-11(22)5-8-13)25-20(28)26-19(27)18-15(23)2-1-3-16(18)24/h1-10H,(H2,25,26,27,28). The molecule has 3 aromatic rings. The van der Waals surface area contributed by atoms with Gasteiger partial charge in [-0.3, -0.25) is 10.1 Å². The van der Waals surface area contributed by atoms with Gasteiger partial charge in [-0.05, 0) is 70.5 Å². The van der Waals surface area contributed by atoms with Crippen molar-refractivity contribution in [2.75, 3.05) is 5.32 Å². The molecule has 148 valence electrons. The highest BCUT2D eigenvalue weighted by molar-refractivity contribution is 9.10. The molecular formula is C20H12BrF3N2O3. The van der Waals surface area contributed by atoms with Crippen molar-refractivity contribution in [2.24, 2.45) is 0 Å². The van der Waals surface area contributed by atoms with E-state index in [2.05, 4.69) is 21.2 Å². The second-order valence-electron chi connectivity index (χ2n) is 5.71. The maximum Gasteiger partial charge on any atom is 0.326 e.